The molecular weight excluding hydrogens is 370 g/mol. The first-order valence-electron chi connectivity index (χ1n) is 8.86. The maximum atomic E-state index is 13.0. The molecule has 2 saturated heterocycles. The second-order valence-electron chi connectivity index (χ2n) is 6.72. The molecule has 2 fully saturated rings. The van der Waals surface area contributed by atoms with E-state index in [1.807, 2.05) is 5.38 Å². The van der Waals surface area contributed by atoms with Crippen molar-refractivity contribution < 1.29 is 13.2 Å². The van der Waals surface area contributed by atoms with E-state index in [9.17, 15) is 13.2 Å². The smallest absolute Gasteiger partial charge is 0.243 e. The second kappa shape index (κ2) is 7.09. The molecule has 0 unspecified atom stereocenters. The number of hydrogen-bond acceptors (Lipinski definition) is 5. The van der Waals surface area contributed by atoms with Crippen molar-refractivity contribution in [3.8, 4) is 0 Å². The zero-order valence-corrected chi connectivity index (χ0v) is 16.0. The molecule has 0 saturated carbocycles. The van der Waals surface area contributed by atoms with E-state index >= 15 is 0 Å². The number of rotatable bonds is 4. The number of carbonyl (C=O) groups excluding carboxylic acids is 1. The second-order valence-corrected chi connectivity index (χ2v) is 9.58. The minimum absolute atomic E-state index is 0.0999. The van der Waals surface area contributed by atoms with Gasteiger partial charge in [0.15, 0.2) is 0 Å². The van der Waals surface area contributed by atoms with Gasteiger partial charge in [0.25, 0.3) is 0 Å². The Morgan fingerprint density at radius 3 is 2.58 bits per heavy atom. The summed E-state index contributed by atoms with van der Waals surface area (Å²) in [5.74, 6) is 0.267. The highest BCUT2D eigenvalue weighted by Gasteiger charge is 2.32. The minimum atomic E-state index is -3.53. The molecule has 0 N–H and O–H groups in total. The van der Waals surface area contributed by atoms with Gasteiger partial charge >= 0.3 is 0 Å². The summed E-state index contributed by atoms with van der Waals surface area (Å²) in [6.07, 6.45) is 4.99. The zero-order chi connectivity index (χ0) is 18.1. The Labute approximate surface area is 157 Å². The van der Waals surface area contributed by atoms with Crippen molar-refractivity contribution in [1.82, 2.24) is 9.29 Å². The molecule has 8 heteroatoms. The molecule has 6 nitrogen and oxygen atoms in total. The number of thiazole rings is 1. The van der Waals surface area contributed by atoms with Gasteiger partial charge in [-0.25, -0.2) is 13.4 Å². The molecule has 4 rings (SSSR count). The predicted octanol–water partition coefficient (Wildman–Crippen LogP) is 2.84. The van der Waals surface area contributed by atoms with E-state index in [1.165, 1.54) is 0 Å². The van der Waals surface area contributed by atoms with Crippen LogP contribution in [0.3, 0.4) is 0 Å². The van der Waals surface area contributed by atoms with Crippen LogP contribution < -0.4 is 4.90 Å². The Morgan fingerprint density at radius 2 is 1.92 bits per heavy atom. The van der Waals surface area contributed by atoms with Gasteiger partial charge in [0.05, 0.1) is 9.90 Å². The van der Waals surface area contributed by atoms with E-state index in [-0.39, 0.29) is 16.7 Å². The van der Waals surface area contributed by atoms with Gasteiger partial charge in [-0.15, -0.1) is 11.3 Å². The average molecular weight is 392 g/mol. The molecule has 2 aliphatic heterocycles. The average Bonchev–Trinajstić information content (AvgIpc) is 3.34. The first kappa shape index (κ1) is 17.6. The summed E-state index contributed by atoms with van der Waals surface area (Å²) in [5.41, 5.74) is 0.769. The van der Waals surface area contributed by atoms with Crippen molar-refractivity contribution in [2.24, 2.45) is 0 Å². The largest absolute Gasteiger partial charge is 0.312 e. The fourth-order valence-electron chi connectivity index (χ4n) is 3.67. The lowest BCUT2D eigenvalue weighted by Crippen LogP contribution is -2.39. The SMILES string of the molecule is O=C1CCCN1c1ccc(S(=O)(=O)N2CCC[C@H](c3nccs3)C2)cc1. The molecule has 1 atom stereocenters. The van der Waals surface area contributed by atoms with Crippen LogP contribution in [0.5, 0.6) is 0 Å². The third kappa shape index (κ3) is 3.28. The van der Waals surface area contributed by atoms with Crippen LogP contribution in [0.15, 0.2) is 40.7 Å². The van der Waals surface area contributed by atoms with Gasteiger partial charge in [0.2, 0.25) is 15.9 Å². The van der Waals surface area contributed by atoms with Crippen LogP contribution in [0.25, 0.3) is 0 Å². The molecule has 1 amide bonds. The lowest BCUT2D eigenvalue weighted by Gasteiger charge is -2.31. The van der Waals surface area contributed by atoms with Gasteiger partial charge in [-0.1, -0.05) is 0 Å². The molecule has 1 aromatic heterocycles. The van der Waals surface area contributed by atoms with Crippen molar-refractivity contribution >= 4 is 33.0 Å². The van der Waals surface area contributed by atoms with Crippen molar-refractivity contribution in [2.75, 3.05) is 24.5 Å². The summed E-state index contributed by atoms with van der Waals surface area (Å²) in [6, 6.07) is 6.70. The number of amides is 1. The van der Waals surface area contributed by atoms with E-state index in [0.717, 1.165) is 30.0 Å². The predicted molar refractivity (Wildman–Crippen MR) is 101 cm³/mol. The molecule has 0 bridgehead atoms. The van der Waals surface area contributed by atoms with E-state index in [4.69, 9.17) is 0 Å². The minimum Gasteiger partial charge on any atom is -0.312 e. The fraction of sp³-hybridized carbons (Fsp3) is 0.444. The number of nitrogens with zero attached hydrogens (tertiary/aromatic N) is 3. The number of hydrogen-bond donors (Lipinski definition) is 0. The highest BCUT2D eigenvalue weighted by Crippen LogP contribution is 2.32. The first-order valence-corrected chi connectivity index (χ1v) is 11.2. The molecule has 0 radical (unpaired) electrons. The summed E-state index contributed by atoms with van der Waals surface area (Å²) in [4.78, 5) is 18.2. The summed E-state index contributed by atoms with van der Waals surface area (Å²) >= 11 is 1.58. The summed E-state index contributed by atoms with van der Waals surface area (Å²) in [7, 11) is -3.53. The van der Waals surface area contributed by atoms with Gasteiger partial charge in [-0.2, -0.15) is 4.31 Å². The number of aromatic nitrogens is 1. The summed E-state index contributed by atoms with van der Waals surface area (Å²) < 4.78 is 27.6. The van der Waals surface area contributed by atoms with Gasteiger partial charge in [0, 0.05) is 49.2 Å². The highest BCUT2D eigenvalue weighted by atomic mass is 32.2. The topological polar surface area (TPSA) is 70.6 Å². The Morgan fingerprint density at radius 1 is 1.12 bits per heavy atom. The number of benzene rings is 1. The Hall–Kier alpha value is -1.77. The maximum Gasteiger partial charge on any atom is 0.243 e. The van der Waals surface area contributed by atoms with Crippen LogP contribution in [0, 0.1) is 0 Å². The quantitative estimate of drug-likeness (QED) is 0.804. The lowest BCUT2D eigenvalue weighted by atomic mass is 10.0. The van der Waals surface area contributed by atoms with Crippen LogP contribution in [0.1, 0.15) is 36.6 Å². The van der Waals surface area contributed by atoms with Crippen LogP contribution >= 0.6 is 11.3 Å². The Balaban J connectivity index is 1.53. The molecule has 3 heterocycles. The van der Waals surface area contributed by atoms with E-state index in [2.05, 4.69) is 4.98 Å². The standard InChI is InChI=1S/C18H21N3O3S2/c22-17-4-2-11-21(17)15-5-7-16(8-6-15)26(23,24)20-10-1-3-14(13-20)18-19-9-12-25-18/h5-9,12,14H,1-4,10-11,13H2/t14-/m0/s1. The molecule has 2 aromatic rings. The number of piperidine rings is 1. The normalized spacial score (nSPS) is 22.1. The fourth-order valence-corrected chi connectivity index (χ4v) is 5.96. The van der Waals surface area contributed by atoms with Crippen LogP contribution in [-0.4, -0.2) is 43.2 Å². The lowest BCUT2D eigenvalue weighted by molar-refractivity contribution is -0.117. The molecule has 0 spiro atoms. The van der Waals surface area contributed by atoms with Crippen LogP contribution in [0.4, 0.5) is 5.69 Å². The summed E-state index contributed by atoms with van der Waals surface area (Å²) in [5, 5.41) is 2.94. The Bertz CT molecular complexity index is 879. The number of sulfonamides is 1. The van der Waals surface area contributed by atoms with Crippen molar-refractivity contribution in [1.29, 1.82) is 0 Å². The molecular formula is C18H21N3O3S2. The Kier molecular flexibility index (Phi) is 4.81. The molecule has 26 heavy (non-hydrogen) atoms. The first-order chi connectivity index (χ1) is 12.6. The molecule has 138 valence electrons. The number of anilines is 1. The molecule has 0 aliphatic carbocycles. The monoisotopic (exact) mass is 391 g/mol. The molecule has 1 aromatic carbocycles. The third-order valence-corrected chi connectivity index (χ3v) is 7.86. The summed E-state index contributed by atoms with van der Waals surface area (Å²) in [6.45, 7) is 1.71. The van der Waals surface area contributed by atoms with Crippen LogP contribution in [-0.2, 0) is 14.8 Å². The van der Waals surface area contributed by atoms with Gasteiger partial charge in [-0.3, -0.25) is 4.79 Å². The zero-order valence-electron chi connectivity index (χ0n) is 14.4. The van der Waals surface area contributed by atoms with Gasteiger partial charge < -0.3 is 4.90 Å². The van der Waals surface area contributed by atoms with E-state index < -0.39 is 10.0 Å². The maximum absolute atomic E-state index is 13.0. The number of carbonyl (C=O) groups is 1. The third-order valence-electron chi connectivity index (χ3n) is 5.04. The van der Waals surface area contributed by atoms with E-state index in [0.29, 0.717) is 26.1 Å². The highest BCUT2D eigenvalue weighted by molar-refractivity contribution is 7.89. The van der Waals surface area contributed by atoms with Crippen molar-refractivity contribution in [3.63, 3.8) is 0 Å². The van der Waals surface area contributed by atoms with Crippen LogP contribution in [0.2, 0.25) is 0 Å². The van der Waals surface area contributed by atoms with E-state index in [1.54, 1.807) is 51.0 Å². The molecule has 2 aliphatic rings. The van der Waals surface area contributed by atoms with Gasteiger partial charge in [-0.05, 0) is 43.5 Å². The van der Waals surface area contributed by atoms with Crippen molar-refractivity contribution in [2.45, 2.75) is 36.5 Å². The van der Waals surface area contributed by atoms with Gasteiger partial charge in [0.1, 0.15) is 0 Å². The van der Waals surface area contributed by atoms with Crippen molar-refractivity contribution in [3.05, 3.63) is 40.8 Å².